The lowest BCUT2D eigenvalue weighted by atomic mass is 10.1. The normalized spacial score (nSPS) is 12.3. The largest absolute Gasteiger partial charge is 0.382 e. The monoisotopic (exact) mass is 435 g/mol. The van der Waals surface area contributed by atoms with E-state index < -0.39 is 17.5 Å². The first-order valence-electron chi connectivity index (χ1n) is 10.9. The fourth-order valence-electron chi connectivity index (χ4n) is 2.97. The molecule has 172 valence electrons. The molecule has 0 bridgehead atoms. The molecule has 0 aromatic heterocycles. The van der Waals surface area contributed by atoms with Crippen LogP contribution in [0, 0.1) is 10.1 Å². The summed E-state index contributed by atoms with van der Waals surface area (Å²) >= 11 is 0. The van der Waals surface area contributed by atoms with Gasteiger partial charge in [0.15, 0.2) is 5.84 Å². The summed E-state index contributed by atoms with van der Waals surface area (Å²) in [6.07, 6.45) is 14.7. The van der Waals surface area contributed by atoms with Crippen molar-refractivity contribution in [2.45, 2.75) is 96.4 Å². The SMILES string of the molecule is CCCCCCCCCCCCNC(=O)[C@@H](N)CCCCN=C(N)C[N+](=O)[O-].Cl. The van der Waals surface area contributed by atoms with Crippen LogP contribution in [0.3, 0.4) is 0 Å². The van der Waals surface area contributed by atoms with Crippen LogP contribution < -0.4 is 16.8 Å². The highest BCUT2D eigenvalue weighted by Crippen LogP contribution is 2.10. The van der Waals surface area contributed by atoms with Crippen LogP contribution in [0.15, 0.2) is 4.99 Å². The molecule has 0 rings (SSSR count). The van der Waals surface area contributed by atoms with Gasteiger partial charge in [0, 0.05) is 18.0 Å². The van der Waals surface area contributed by atoms with Crippen molar-refractivity contribution in [2.24, 2.45) is 16.5 Å². The molecule has 0 saturated carbocycles. The van der Waals surface area contributed by atoms with Gasteiger partial charge in [-0.1, -0.05) is 64.7 Å². The van der Waals surface area contributed by atoms with Gasteiger partial charge in [-0.05, 0) is 25.7 Å². The van der Waals surface area contributed by atoms with E-state index in [1.54, 1.807) is 0 Å². The summed E-state index contributed by atoms with van der Waals surface area (Å²) in [6.45, 7) is 2.92. The van der Waals surface area contributed by atoms with E-state index in [9.17, 15) is 14.9 Å². The highest BCUT2D eigenvalue weighted by atomic mass is 35.5. The fourth-order valence-corrected chi connectivity index (χ4v) is 2.97. The Morgan fingerprint density at radius 3 is 2.10 bits per heavy atom. The standard InChI is InChI=1S/C20H41N5O3.ClH/c1-2-3-4-5-6-7-8-9-10-12-16-24-20(26)18(21)14-11-13-15-23-19(22)17-25(27)28;/h18H,2-17,21H2,1H3,(H2,22,23)(H,24,26);1H/t18-;/m0./s1. The Kier molecular flexibility index (Phi) is 21.9. The quantitative estimate of drug-likeness (QED) is 0.0935. The predicted molar refractivity (Wildman–Crippen MR) is 122 cm³/mol. The van der Waals surface area contributed by atoms with Crippen LogP contribution in [0.25, 0.3) is 0 Å². The van der Waals surface area contributed by atoms with Gasteiger partial charge >= 0.3 is 0 Å². The Hall–Kier alpha value is -1.41. The second-order valence-corrected chi connectivity index (χ2v) is 7.44. The van der Waals surface area contributed by atoms with Crippen LogP contribution in [-0.4, -0.2) is 42.3 Å². The zero-order valence-corrected chi connectivity index (χ0v) is 18.9. The minimum atomic E-state index is -0.511. The maximum absolute atomic E-state index is 11.9. The maximum atomic E-state index is 11.9. The van der Waals surface area contributed by atoms with E-state index in [2.05, 4.69) is 17.2 Å². The number of rotatable bonds is 19. The average Bonchev–Trinajstić information content (AvgIpc) is 2.64. The molecule has 0 aliphatic carbocycles. The zero-order chi connectivity index (χ0) is 21.0. The molecule has 0 radical (unpaired) electrons. The molecule has 0 heterocycles. The molecule has 9 heteroatoms. The van der Waals surface area contributed by atoms with Crippen molar-refractivity contribution in [3.8, 4) is 0 Å². The first-order valence-corrected chi connectivity index (χ1v) is 10.9. The van der Waals surface area contributed by atoms with Gasteiger partial charge in [0.05, 0.1) is 6.04 Å². The number of carbonyl (C=O) groups excluding carboxylic acids is 1. The topological polar surface area (TPSA) is 137 Å². The Balaban J connectivity index is 0. The number of nitrogens with two attached hydrogens (primary N) is 2. The molecule has 1 amide bonds. The number of nitrogens with one attached hydrogen (secondary N) is 1. The summed E-state index contributed by atoms with van der Waals surface area (Å²) < 4.78 is 0. The van der Waals surface area contributed by atoms with Crippen molar-refractivity contribution < 1.29 is 9.72 Å². The van der Waals surface area contributed by atoms with Crippen molar-refractivity contribution in [2.75, 3.05) is 19.6 Å². The molecule has 5 N–H and O–H groups in total. The van der Waals surface area contributed by atoms with Gasteiger partial charge in [0.1, 0.15) is 0 Å². The molecule has 0 aliphatic rings. The first kappa shape index (κ1) is 29.8. The van der Waals surface area contributed by atoms with Gasteiger partial charge in [0.2, 0.25) is 5.91 Å². The third-order valence-electron chi connectivity index (χ3n) is 4.70. The molecular weight excluding hydrogens is 394 g/mol. The van der Waals surface area contributed by atoms with Gasteiger partial charge in [0.25, 0.3) is 6.54 Å². The van der Waals surface area contributed by atoms with Crippen LogP contribution in [0.5, 0.6) is 0 Å². The summed E-state index contributed by atoms with van der Waals surface area (Å²) in [5.41, 5.74) is 11.3. The molecule has 29 heavy (non-hydrogen) atoms. The summed E-state index contributed by atoms with van der Waals surface area (Å²) in [7, 11) is 0. The lowest BCUT2D eigenvalue weighted by Gasteiger charge is -2.12. The number of amides is 1. The van der Waals surface area contributed by atoms with Gasteiger partial charge in [-0.15, -0.1) is 12.4 Å². The van der Waals surface area contributed by atoms with Crippen LogP contribution >= 0.6 is 12.4 Å². The molecule has 8 nitrogen and oxygen atoms in total. The zero-order valence-electron chi connectivity index (χ0n) is 18.1. The summed E-state index contributed by atoms with van der Waals surface area (Å²) in [4.78, 5) is 25.6. The summed E-state index contributed by atoms with van der Waals surface area (Å²) in [5, 5.41) is 13.2. The number of unbranched alkanes of at least 4 members (excludes halogenated alkanes) is 10. The van der Waals surface area contributed by atoms with E-state index in [-0.39, 0.29) is 24.1 Å². The summed E-state index contributed by atoms with van der Waals surface area (Å²) in [5.74, 6) is -0.0733. The minimum Gasteiger partial charge on any atom is -0.382 e. The number of halogens is 1. The number of hydrogen-bond donors (Lipinski definition) is 3. The molecule has 0 aliphatic heterocycles. The van der Waals surface area contributed by atoms with E-state index in [0.29, 0.717) is 25.9 Å². The van der Waals surface area contributed by atoms with E-state index in [1.165, 1.54) is 51.4 Å². The van der Waals surface area contributed by atoms with Crippen molar-refractivity contribution >= 4 is 24.1 Å². The van der Waals surface area contributed by atoms with Crippen molar-refractivity contribution in [1.29, 1.82) is 0 Å². The number of nitrogens with zero attached hydrogens (tertiary/aromatic N) is 2. The second-order valence-electron chi connectivity index (χ2n) is 7.44. The van der Waals surface area contributed by atoms with Crippen molar-refractivity contribution in [3.63, 3.8) is 0 Å². The first-order chi connectivity index (χ1) is 13.5. The molecule has 0 unspecified atom stereocenters. The lowest BCUT2D eigenvalue weighted by Crippen LogP contribution is -2.40. The van der Waals surface area contributed by atoms with Gasteiger partial charge in [-0.25, -0.2) is 0 Å². The van der Waals surface area contributed by atoms with Crippen LogP contribution in [0.2, 0.25) is 0 Å². The number of aliphatic imine (C=N–C) groups is 1. The molecule has 0 aromatic carbocycles. The molecular formula is C20H42ClN5O3. The third kappa shape index (κ3) is 21.1. The average molecular weight is 436 g/mol. The predicted octanol–water partition coefficient (Wildman–Crippen LogP) is 3.58. The number of amidine groups is 1. The summed E-state index contributed by atoms with van der Waals surface area (Å²) in [6, 6.07) is -0.511. The van der Waals surface area contributed by atoms with Gasteiger partial charge < -0.3 is 16.8 Å². The molecule has 1 atom stereocenters. The lowest BCUT2D eigenvalue weighted by molar-refractivity contribution is -0.463. The number of hydrogen-bond acceptors (Lipinski definition) is 5. The van der Waals surface area contributed by atoms with Crippen molar-refractivity contribution in [3.05, 3.63) is 10.1 Å². The van der Waals surface area contributed by atoms with Gasteiger partial charge in [-0.3, -0.25) is 19.9 Å². The van der Waals surface area contributed by atoms with Crippen LogP contribution in [0.4, 0.5) is 0 Å². The Labute approximate surface area is 182 Å². The van der Waals surface area contributed by atoms with E-state index in [1.807, 2.05) is 0 Å². The smallest absolute Gasteiger partial charge is 0.259 e. The second kappa shape index (κ2) is 21.3. The Morgan fingerprint density at radius 1 is 1.00 bits per heavy atom. The van der Waals surface area contributed by atoms with E-state index in [0.717, 1.165) is 19.3 Å². The van der Waals surface area contributed by atoms with E-state index in [4.69, 9.17) is 11.5 Å². The molecule has 0 saturated heterocycles. The molecule has 0 spiro atoms. The Bertz CT molecular complexity index is 450. The van der Waals surface area contributed by atoms with E-state index >= 15 is 0 Å². The molecule has 0 aromatic rings. The van der Waals surface area contributed by atoms with Crippen LogP contribution in [-0.2, 0) is 4.79 Å². The fraction of sp³-hybridized carbons (Fsp3) is 0.900. The minimum absolute atomic E-state index is 0. The highest BCUT2D eigenvalue weighted by Gasteiger charge is 2.12. The molecule has 0 fully saturated rings. The number of nitro groups is 1. The Morgan fingerprint density at radius 2 is 1.55 bits per heavy atom. The van der Waals surface area contributed by atoms with Crippen LogP contribution in [0.1, 0.15) is 90.4 Å². The number of carbonyl (C=O) groups is 1. The third-order valence-corrected chi connectivity index (χ3v) is 4.70. The van der Waals surface area contributed by atoms with Gasteiger partial charge in [-0.2, -0.15) is 0 Å². The van der Waals surface area contributed by atoms with Crippen molar-refractivity contribution in [1.82, 2.24) is 5.32 Å². The maximum Gasteiger partial charge on any atom is 0.259 e. The highest BCUT2D eigenvalue weighted by molar-refractivity contribution is 5.85.